The van der Waals surface area contributed by atoms with E-state index in [0.29, 0.717) is 0 Å². The molecule has 2 fully saturated rings. The molecule has 2 nitrogen and oxygen atoms in total. The van der Waals surface area contributed by atoms with Crippen LogP contribution < -0.4 is 0 Å². The zero-order chi connectivity index (χ0) is 12.3. The van der Waals surface area contributed by atoms with Gasteiger partial charge in [0.15, 0.2) is 0 Å². The Hall–Kier alpha value is -0.0800. The Kier molecular flexibility index (Phi) is 4.48. The van der Waals surface area contributed by atoms with Gasteiger partial charge >= 0.3 is 0 Å². The topological polar surface area (TPSA) is 29.5 Å². The second kappa shape index (κ2) is 5.71. The number of hydrogen-bond donors (Lipinski definition) is 1. The summed E-state index contributed by atoms with van der Waals surface area (Å²) in [5.74, 6) is 1.55. The molecule has 0 aromatic carbocycles. The average molecular weight is 240 g/mol. The van der Waals surface area contributed by atoms with Crippen molar-refractivity contribution in [3.63, 3.8) is 0 Å². The van der Waals surface area contributed by atoms with E-state index in [0.717, 1.165) is 31.1 Å². The third-order valence-corrected chi connectivity index (χ3v) is 5.17. The van der Waals surface area contributed by atoms with Gasteiger partial charge in [-0.25, -0.2) is 0 Å². The lowest BCUT2D eigenvalue weighted by molar-refractivity contribution is -0.134. The number of methoxy groups -OCH3 is 1. The summed E-state index contributed by atoms with van der Waals surface area (Å²) in [7, 11) is 1.79. The zero-order valence-electron chi connectivity index (χ0n) is 11.5. The highest BCUT2D eigenvalue weighted by Crippen LogP contribution is 2.40. The SMILES string of the molecule is COC1(C(O)CC2CCCC2)CCC(C)CC1. The van der Waals surface area contributed by atoms with E-state index in [2.05, 4.69) is 6.92 Å². The van der Waals surface area contributed by atoms with Crippen molar-refractivity contribution in [2.24, 2.45) is 11.8 Å². The van der Waals surface area contributed by atoms with Gasteiger partial charge in [0.25, 0.3) is 0 Å². The Morgan fingerprint density at radius 3 is 2.29 bits per heavy atom. The van der Waals surface area contributed by atoms with Crippen LogP contribution in [0.25, 0.3) is 0 Å². The molecule has 0 radical (unpaired) electrons. The number of aliphatic hydroxyl groups excluding tert-OH is 1. The van der Waals surface area contributed by atoms with Gasteiger partial charge in [0.05, 0.1) is 11.7 Å². The van der Waals surface area contributed by atoms with Crippen molar-refractivity contribution < 1.29 is 9.84 Å². The van der Waals surface area contributed by atoms with E-state index in [9.17, 15) is 5.11 Å². The highest BCUT2D eigenvalue weighted by molar-refractivity contribution is 4.93. The summed E-state index contributed by atoms with van der Waals surface area (Å²) < 4.78 is 5.75. The molecule has 0 aliphatic heterocycles. The van der Waals surface area contributed by atoms with Crippen LogP contribution >= 0.6 is 0 Å². The molecule has 0 aromatic heterocycles. The molecule has 2 rings (SSSR count). The molecule has 1 unspecified atom stereocenters. The highest BCUT2D eigenvalue weighted by Gasteiger charge is 2.41. The second-order valence-corrected chi connectivity index (χ2v) is 6.35. The molecule has 2 heteroatoms. The van der Waals surface area contributed by atoms with Crippen LogP contribution in [0.4, 0.5) is 0 Å². The molecule has 0 spiro atoms. The van der Waals surface area contributed by atoms with Gasteiger partial charge < -0.3 is 9.84 Å². The minimum Gasteiger partial charge on any atom is -0.390 e. The monoisotopic (exact) mass is 240 g/mol. The lowest BCUT2D eigenvalue weighted by Gasteiger charge is -2.42. The lowest BCUT2D eigenvalue weighted by Crippen LogP contribution is -2.47. The van der Waals surface area contributed by atoms with Crippen LogP contribution in [0.1, 0.15) is 64.7 Å². The Morgan fingerprint density at radius 1 is 1.18 bits per heavy atom. The van der Waals surface area contributed by atoms with Crippen molar-refractivity contribution in [3.05, 3.63) is 0 Å². The Balaban J connectivity index is 1.91. The third kappa shape index (κ3) is 3.03. The fraction of sp³-hybridized carbons (Fsp3) is 1.00. The summed E-state index contributed by atoms with van der Waals surface area (Å²) in [6.45, 7) is 2.31. The standard InChI is InChI=1S/C15H28O2/c1-12-7-9-15(17-2,10-8-12)14(16)11-13-5-3-4-6-13/h12-14,16H,3-11H2,1-2H3. The molecule has 0 amide bonds. The first-order valence-electron chi connectivity index (χ1n) is 7.39. The number of rotatable bonds is 4. The van der Waals surface area contributed by atoms with Gasteiger partial charge in [-0.2, -0.15) is 0 Å². The van der Waals surface area contributed by atoms with Crippen molar-refractivity contribution in [1.29, 1.82) is 0 Å². The van der Waals surface area contributed by atoms with Crippen molar-refractivity contribution in [1.82, 2.24) is 0 Å². The van der Waals surface area contributed by atoms with Crippen molar-refractivity contribution >= 4 is 0 Å². The molecule has 17 heavy (non-hydrogen) atoms. The van der Waals surface area contributed by atoms with Crippen molar-refractivity contribution in [2.45, 2.75) is 76.4 Å². The van der Waals surface area contributed by atoms with Crippen LogP contribution in [0.15, 0.2) is 0 Å². The highest BCUT2D eigenvalue weighted by atomic mass is 16.5. The Morgan fingerprint density at radius 2 is 1.76 bits per heavy atom. The van der Waals surface area contributed by atoms with E-state index in [-0.39, 0.29) is 11.7 Å². The number of hydrogen-bond acceptors (Lipinski definition) is 2. The molecule has 2 saturated carbocycles. The van der Waals surface area contributed by atoms with Gasteiger partial charge in [-0.05, 0) is 43.9 Å². The van der Waals surface area contributed by atoms with E-state index >= 15 is 0 Å². The van der Waals surface area contributed by atoms with Gasteiger partial charge in [0.1, 0.15) is 0 Å². The Labute approximate surface area is 106 Å². The molecule has 2 aliphatic rings. The summed E-state index contributed by atoms with van der Waals surface area (Å²) in [5.41, 5.74) is -0.227. The minimum absolute atomic E-state index is 0.227. The predicted molar refractivity (Wildman–Crippen MR) is 70.0 cm³/mol. The van der Waals surface area contributed by atoms with Crippen LogP contribution in [-0.2, 0) is 4.74 Å². The van der Waals surface area contributed by atoms with E-state index in [4.69, 9.17) is 4.74 Å². The maximum atomic E-state index is 10.5. The molecule has 0 saturated heterocycles. The van der Waals surface area contributed by atoms with E-state index < -0.39 is 0 Å². The largest absolute Gasteiger partial charge is 0.390 e. The van der Waals surface area contributed by atoms with E-state index in [1.165, 1.54) is 38.5 Å². The van der Waals surface area contributed by atoms with Crippen LogP contribution in [0.2, 0.25) is 0 Å². The summed E-state index contributed by atoms with van der Waals surface area (Å²) in [6.07, 6.45) is 10.5. The van der Waals surface area contributed by atoms with Crippen molar-refractivity contribution in [3.8, 4) is 0 Å². The smallest absolute Gasteiger partial charge is 0.0936 e. The summed E-state index contributed by atoms with van der Waals surface area (Å²) in [6, 6.07) is 0. The van der Waals surface area contributed by atoms with Crippen LogP contribution in [0, 0.1) is 11.8 Å². The fourth-order valence-electron chi connectivity index (χ4n) is 3.70. The summed E-state index contributed by atoms with van der Waals surface area (Å²) >= 11 is 0. The molecule has 0 aromatic rings. The molecular formula is C15H28O2. The van der Waals surface area contributed by atoms with Gasteiger partial charge in [-0.3, -0.25) is 0 Å². The first-order valence-corrected chi connectivity index (χ1v) is 7.39. The maximum absolute atomic E-state index is 10.5. The zero-order valence-corrected chi connectivity index (χ0v) is 11.5. The first-order chi connectivity index (χ1) is 8.16. The predicted octanol–water partition coefficient (Wildman–Crippen LogP) is 3.52. The normalized spacial score (nSPS) is 37.2. The van der Waals surface area contributed by atoms with Gasteiger partial charge in [-0.15, -0.1) is 0 Å². The number of ether oxygens (including phenoxy) is 1. The molecule has 1 N–H and O–H groups in total. The second-order valence-electron chi connectivity index (χ2n) is 6.35. The van der Waals surface area contributed by atoms with Crippen LogP contribution in [-0.4, -0.2) is 23.9 Å². The third-order valence-electron chi connectivity index (χ3n) is 5.17. The van der Waals surface area contributed by atoms with Gasteiger partial charge in [-0.1, -0.05) is 32.6 Å². The quantitative estimate of drug-likeness (QED) is 0.814. The van der Waals surface area contributed by atoms with E-state index in [1.54, 1.807) is 7.11 Å². The molecule has 2 aliphatic carbocycles. The summed E-state index contributed by atoms with van der Waals surface area (Å²) in [5, 5.41) is 10.5. The summed E-state index contributed by atoms with van der Waals surface area (Å²) in [4.78, 5) is 0. The van der Waals surface area contributed by atoms with E-state index in [1.807, 2.05) is 0 Å². The average Bonchev–Trinajstić information content (AvgIpc) is 2.83. The van der Waals surface area contributed by atoms with Crippen LogP contribution in [0.5, 0.6) is 0 Å². The Bertz CT molecular complexity index is 225. The van der Waals surface area contributed by atoms with Gasteiger partial charge in [0.2, 0.25) is 0 Å². The van der Waals surface area contributed by atoms with Gasteiger partial charge in [0, 0.05) is 7.11 Å². The van der Waals surface area contributed by atoms with Crippen molar-refractivity contribution in [2.75, 3.05) is 7.11 Å². The lowest BCUT2D eigenvalue weighted by atomic mass is 9.74. The molecule has 0 bridgehead atoms. The minimum atomic E-state index is -0.247. The molecule has 1 atom stereocenters. The molecular weight excluding hydrogens is 212 g/mol. The number of aliphatic hydroxyl groups is 1. The molecule has 100 valence electrons. The van der Waals surface area contributed by atoms with Crippen LogP contribution in [0.3, 0.4) is 0 Å². The first kappa shape index (κ1) is 13.4. The maximum Gasteiger partial charge on any atom is 0.0936 e. The molecule has 0 heterocycles. The fourth-order valence-corrected chi connectivity index (χ4v) is 3.70.